The van der Waals surface area contributed by atoms with Crippen LogP contribution >= 0.6 is 0 Å². The van der Waals surface area contributed by atoms with Crippen molar-refractivity contribution in [2.75, 3.05) is 39.6 Å². The zero-order valence-electron chi connectivity index (χ0n) is 33.7. The molecular weight excluding hydrogens is 830 g/mol. The van der Waals surface area contributed by atoms with Gasteiger partial charge in [-0.05, 0) is 84.6 Å². The van der Waals surface area contributed by atoms with Crippen molar-refractivity contribution in [3.8, 4) is 23.0 Å². The topological polar surface area (TPSA) is 150 Å². The van der Waals surface area contributed by atoms with Crippen LogP contribution in [0, 0.1) is 0 Å². The summed E-state index contributed by atoms with van der Waals surface area (Å²) in [5.74, 6) is -4.70. The molecule has 334 valence electrons. The Morgan fingerprint density at radius 2 is 0.661 bits per heavy atom. The van der Waals surface area contributed by atoms with Crippen molar-refractivity contribution in [3.05, 3.63) is 144 Å². The standard InChI is InChI=1S/C45H46F6O11/c1-27(2)42(55)61-25-34(53)23-59-38-17-9-31(10-18-38)40(44(46,47)48)29-5-13-36(14-6-29)57-21-33(52)22-58-37-15-7-30(8-16-37)41(45(49,50)51)32-11-19-39(20-12-32)60-24-35(54)26-62-43(56)28(3)4/h5-20,33-35,40-41,52-54H,1,3,21-26H2,2,4H3. The first kappa shape index (κ1) is 48.6. The minimum Gasteiger partial charge on any atom is -0.491 e. The fourth-order valence-corrected chi connectivity index (χ4v) is 5.67. The first-order valence-electron chi connectivity index (χ1n) is 18.9. The van der Waals surface area contributed by atoms with Crippen LogP contribution in [-0.2, 0) is 19.1 Å². The maximum absolute atomic E-state index is 14.3. The summed E-state index contributed by atoms with van der Waals surface area (Å²) < 4.78 is 117. The van der Waals surface area contributed by atoms with Crippen molar-refractivity contribution >= 4 is 11.9 Å². The Kier molecular flexibility index (Phi) is 17.4. The van der Waals surface area contributed by atoms with E-state index >= 15 is 0 Å². The quantitative estimate of drug-likeness (QED) is 0.0407. The molecule has 0 aliphatic carbocycles. The molecule has 11 nitrogen and oxygen atoms in total. The van der Waals surface area contributed by atoms with Gasteiger partial charge in [0.2, 0.25) is 0 Å². The van der Waals surface area contributed by atoms with Gasteiger partial charge in [0.15, 0.2) is 0 Å². The van der Waals surface area contributed by atoms with Gasteiger partial charge in [-0.25, -0.2) is 9.59 Å². The van der Waals surface area contributed by atoms with Gasteiger partial charge in [-0.2, -0.15) is 26.3 Å². The molecule has 4 aromatic rings. The third-order valence-corrected chi connectivity index (χ3v) is 8.79. The summed E-state index contributed by atoms with van der Waals surface area (Å²) in [6.45, 7) is 7.85. The predicted molar refractivity (Wildman–Crippen MR) is 213 cm³/mol. The highest BCUT2D eigenvalue weighted by atomic mass is 19.4. The van der Waals surface area contributed by atoms with E-state index in [9.17, 15) is 51.3 Å². The molecule has 0 bridgehead atoms. The molecule has 0 radical (unpaired) electrons. The number of aliphatic hydroxyl groups excluding tert-OH is 3. The molecule has 4 unspecified atom stereocenters. The van der Waals surface area contributed by atoms with E-state index in [1.165, 1.54) is 111 Å². The Bertz CT molecular complexity index is 1920. The number of rotatable bonds is 22. The number of ether oxygens (including phenoxy) is 6. The maximum Gasteiger partial charge on any atom is 0.399 e. The van der Waals surface area contributed by atoms with Gasteiger partial charge in [-0.15, -0.1) is 0 Å². The van der Waals surface area contributed by atoms with Crippen molar-refractivity contribution in [2.45, 2.75) is 56.3 Å². The maximum atomic E-state index is 14.3. The summed E-state index contributed by atoms with van der Waals surface area (Å²) >= 11 is 0. The summed E-state index contributed by atoms with van der Waals surface area (Å²) in [6.07, 6.45) is -12.9. The van der Waals surface area contributed by atoms with Crippen LogP contribution in [0.1, 0.15) is 47.9 Å². The Labute approximate surface area is 353 Å². The number of esters is 2. The largest absolute Gasteiger partial charge is 0.491 e. The molecule has 0 saturated heterocycles. The van der Waals surface area contributed by atoms with Crippen molar-refractivity contribution in [1.82, 2.24) is 0 Å². The number of carbonyl (C=O) groups is 2. The lowest BCUT2D eigenvalue weighted by atomic mass is 9.90. The molecule has 17 heteroatoms. The number of hydrogen-bond donors (Lipinski definition) is 3. The third kappa shape index (κ3) is 15.1. The third-order valence-electron chi connectivity index (χ3n) is 8.79. The highest BCUT2D eigenvalue weighted by Crippen LogP contribution is 2.42. The average molecular weight is 877 g/mol. The van der Waals surface area contributed by atoms with Gasteiger partial charge in [-0.3, -0.25) is 0 Å². The molecule has 0 fully saturated rings. The Hall–Kier alpha value is -6.04. The predicted octanol–water partition coefficient (Wildman–Crippen LogP) is 7.61. The summed E-state index contributed by atoms with van der Waals surface area (Å²) in [7, 11) is 0. The van der Waals surface area contributed by atoms with Crippen molar-refractivity contribution in [1.29, 1.82) is 0 Å². The van der Waals surface area contributed by atoms with Crippen molar-refractivity contribution < 1.29 is 79.7 Å². The highest BCUT2D eigenvalue weighted by Gasteiger charge is 2.43. The minimum absolute atomic E-state index is 0.0830. The molecule has 0 amide bonds. The molecule has 4 atom stereocenters. The molecule has 0 spiro atoms. The SMILES string of the molecule is C=C(C)C(=O)OCC(O)COc1ccc(C(c2ccc(OCC(O)COc3ccc(C(c4ccc(OCC(O)COC(=O)C(=C)C)cc4)C(F)(F)F)cc3)cc2)C(F)(F)F)cc1. The number of hydrogen-bond acceptors (Lipinski definition) is 11. The summed E-state index contributed by atoms with van der Waals surface area (Å²) in [5.41, 5.74) is -0.0413. The fraction of sp³-hybridized carbons (Fsp3) is 0.333. The number of benzene rings is 4. The van der Waals surface area contributed by atoms with Crippen LogP contribution in [-0.4, -0.2) is 97.6 Å². The zero-order valence-corrected chi connectivity index (χ0v) is 33.7. The first-order chi connectivity index (χ1) is 29.2. The summed E-state index contributed by atoms with van der Waals surface area (Å²) in [5, 5.41) is 30.4. The number of aliphatic hydroxyl groups is 3. The normalized spacial score (nSPS) is 14.0. The van der Waals surface area contributed by atoms with E-state index in [4.69, 9.17) is 28.4 Å². The molecule has 62 heavy (non-hydrogen) atoms. The van der Waals surface area contributed by atoms with E-state index in [2.05, 4.69) is 13.2 Å². The van der Waals surface area contributed by atoms with Gasteiger partial charge >= 0.3 is 24.3 Å². The lowest BCUT2D eigenvalue weighted by molar-refractivity contribution is -0.143. The second kappa shape index (κ2) is 22.2. The van der Waals surface area contributed by atoms with E-state index in [1.807, 2.05) is 0 Å². The van der Waals surface area contributed by atoms with Gasteiger partial charge in [0.1, 0.15) is 92.8 Å². The zero-order chi connectivity index (χ0) is 45.6. The lowest BCUT2D eigenvalue weighted by Crippen LogP contribution is -2.25. The van der Waals surface area contributed by atoms with Crippen LogP contribution in [0.25, 0.3) is 0 Å². The van der Waals surface area contributed by atoms with Gasteiger partial charge in [0.05, 0.1) is 0 Å². The van der Waals surface area contributed by atoms with E-state index in [-0.39, 0.29) is 96.0 Å². The number of halogens is 6. The monoisotopic (exact) mass is 876 g/mol. The Morgan fingerprint density at radius 1 is 0.452 bits per heavy atom. The summed E-state index contributed by atoms with van der Waals surface area (Å²) in [4.78, 5) is 22.9. The van der Waals surface area contributed by atoms with Crippen LogP contribution in [0.2, 0.25) is 0 Å². The van der Waals surface area contributed by atoms with E-state index in [1.54, 1.807) is 0 Å². The van der Waals surface area contributed by atoms with Gasteiger partial charge in [-0.1, -0.05) is 61.7 Å². The number of alkyl halides is 6. The second-order valence-electron chi connectivity index (χ2n) is 14.2. The molecule has 4 rings (SSSR count). The Morgan fingerprint density at radius 3 is 0.855 bits per heavy atom. The molecule has 0 aliphatic rings. The molecule has 0 aliphatic heterocycles. The van der Waals surface area contributed by atoms with Crippen molar-refractivity contribution in [3.63, 3.8) is 0 Å². The minimum atomic E-state index is -4.67. The van der Waals surface area contributed by atoms with Gasteiger partial charge < -0.3 is 43.7 Å². The van der Waals surface area contributed by atoms with E-state index < -0.39 is 54.4 Å². The smallest absolute Gasteiger partial charge is 0.399 e. The molecule has 0 aromatic heterocycles. The van der Waals surface area contributed by atoms with Crippen LogP contribution < -0.4 is 18.9 Å². The van der Waals surface area contributed by atoms with Crippen LogP contribution in [0.15, 0.2) is 121 Å². The molecule has 0 heterocycles. The molecule has 0 saturated carbocycles. The lowest BCUT2D eigenvalue weighted by Gasteiger charge is -2.22. The van der Waals surface area contributed by atoms with E-state index in [0.717, 1.165) is 0 Å². The number of carbonyl (C=O) groups excluding carboxylic acids is 2. The van der Waals surface area contributed by atoms with Crippen LogP contribution in [0.5, 0.6) is 23.0 Å². The molecular formula is C45H46F6O11. The molecule has 4 aromatic carbocycles. The van der Waals surface area contributed by atoms with Crippen molar-refractivity contribution in [2.24, 2.45) is 0 Å². The van der Waals surface area contributed by atoms with Gasteiger partial charge in [0.25, 0.3) is 0 Å². The second-order valence-corrected chi connectivity index (χ2v) is 14.2. The Balaban J connectivity index is 1.27. The highest BCUT2D eigenvalue weighted by molar-refractivity contribution is 5.87. The summed E-state index contributed by atoms with van der Waals surface area (Å²) in [6, 6.07) is 20.5. The van der Waals surface area contributed by atoms with Gasteiger partial charge in [0, 0.05) is 11.1 Å². The fourth-order valence-electron chi connectivity index (χ4n) is 5.67. The van der Waals surface area contributed by atoms with Crippen LogP contribution in [0.4, 0.5) is 26.3 Å². The first-order valence-corrected chi connectivity index (χ1v) is 18.9. The molecule has 3 N–H and O–H groups in total. The average Bonchev–Trinajstić information content (AvgIpc) is 3.22. The van der Waals surface area contributed by atoms with E-state index in [0.29, 0.717) is 0 Å². The van der Waals surface area contributed by atoms with Crippen LogP contribution in [0.3, 0.4) is 0 Å².